The molecule has 1 fully saturated rings. The number of fused-ring (bicyclic) bond motifs is 1. The second-order valence-corrected chi connectivity index (χ2v) is 13.8. The molecule has 1 heterocycles. The van der Waals surface area contributed by atoms with Crippen molar-refractivity contribution in [3.63, 3.8) is 0 Å². The van der Waals surface area contributed by atoms with E-state index in [1.807, 2.05) is 92.4 Å². The van der Waals surface area contributed by atoms with Crippen molar-refractivity contribution in [2.75, 3.05) is 26.3 Å². The van der Waals surface area contributed by atoms with Crippen molar-refractivity contribution >= 4 is 11.8 Å². The predicted molar refractivity (Wildman–Crippen MR) is 182 cm³/mol. The van der Waals surface area contributed by atoms with Gasteiger partial charge in [0, 0.05) is 44.4 Å². The van der Waals surface area contributed by atoms with Crippen LogP contribution in [-0.2, 0) is 22.6 Å². The Kier molecular flexibility index (Phi) is 11.8. The molecule has 0 spiro atoms. The van der Waals surface area contributed by atoms with E-state index in [0.717, 1.165) is 22.4 Å². The van der Waals surface area contributed by atoms with Crippen molar-refractivity contribution in [2.24, 2.45) is 0 Å². The summed E-state index contributed by atoms with van der Waals surface area (Å²) >= 11 is 0. The van der Waals surface area contributed by atoms with Crippen LogP contribution in [0.2, 0.25) is 0 Å². The first kappa shape index (κ1) is 35.3. The topological polar surface area (TPSA) is 132 Å². The van der Waals surface area contributed by atoms with Gasteiger partial charge in [-0.05, 0) is 68.1 Å². The summed E-state index contributed by atoms with van der Waals surface area (Å²) in [5.74, 6) is 1.06. The Morgan fingerprint density at radius 3 is 2.42 bits per heavy atom. The van der Waals surface area contributed by atoms with Gasteiger partial charge in [0.2, 0.25) is 11.8 Å². The fourth-order valence-corrected chi connectivity index (χ4v) is 6.68. The number of para-hydroxylation sites is 1. The number of aliphatic hydroxyl groups is 3. The first-order valence-corrected chi connectivity index (χ1v) is 16.8. The quantitative estimate of drug-likeness (QED) is 0.207. The van der Waals surface area contributed by atoms with Crippen molar-refractivity contribution in [3.05, 3.63) is 95.6 Å². The van der Waals surface area contributed by atoms with Gasteiger partial charge >= 0.3 is 0 Å². The van der Waals surface area contributed by atoms with Gasteiger partial charge in [-0.3, -0.25) is 14.5 Å². The molecule has 1 saturated heterocycles. The summed E-state index contributed by atoms with van der Waals surface area (Å²) < 4.78 is 11.7. The molecule has 0 radical (unpaired) electrons. The molecule has 1 aliphatic heterocycles. The molecule has 10 nitrogen and oxygen atoms in total. The number of nitrogens with zero attached hydrogens (tertiary/aromatic N) is 2. The van der Waals surface area contributed by atoms with Crippen molar-refractivity contribution in [3.8, 4) is 11.5 Å². The highest BCUT2D eigenvalue weighted by Gasteiger charge is 2.41. The number of hydrogen-bond donors (Lipinski definition) is 4. The molecule has 5 rings (SSSR count). The first-order valence-electron chi connectivity index (χ1n) is 16.8. The summed E-state index contributed by atoms with van der Waals surface area (Å²) in [4.78, 5) is 31.0. The van der Waals surface area contributed by atoms with Crippen LogP contribution >= 0.6 is 0 Å². The molecule has 2 aliphatic rings. The van der Waals surface area contributed by atoms with Gasteiger partial charge in [0.25, 0.3) is 0 Å². The molecule has 0 unspecified atom stereocenters. The average Bonchev–Trinajstić information content (AvgIpc) is 3.61. The number of aliphatic hydroxyl groups excluding tert-OH is 3. The van der Waals surface area contributed by atoms with Crippen LogP contribution in [0.5, 0.6) is 11.5 Å². The van der Waals surface area contributed by atoms with Crippen LogP contribution < -0.4 is 14.8 Å². The molecule has 4 N–H and O–H groups in total. The van der Waals surface area contributed by atoms with E-state index in [1.54, 1.807) is 17.0 Å². The lowest BCUT2D eigenvalue weighted by Gasteiger charge is -2.33. The third-order valence-electron chi connectivity index (χ3n) is 8.81. The van der Waals surface area contributed by atoms with Crippen molar-refractivity contribution < 1.29 is 34.4 Å². The Bertz CT molecular complexity index is 1490. The molecule has 48 heavy (non-hydrogen) atoms. The fourth-order valence-electron chi connectivity index (χ4n) is 6.68. The van der Waals surface area contributed by atoms with E-state index in [0.29, 0.717) is 25.1 Å². The number of ether oxygens (including phenoxy) is 2. The van der Waals surface area contributed by atoms with E-state index in [9.17, 15) is 19.8 Å². The minimum Gasteiger partial charge on any atom is -0.491 e. The minimum absolute atomic E-state index is 0.0703. The summed E-state index contributed by atoms with van der Waals surface area (Å²) in [5, 5.41) is 34.6. The maximum absolute atomic E-state index is 14.0. The van der Waals surface area contributed by atoms with Gasteiger partial charge in [-0.2, -0.15) is 0 Å². The van der Waals surface area contributed by atoms with E-state index in [4.69, 9.17) is 14.6 Å². The largest absolute Gasteiger partial charge is 0.491 e. The number of β-amino-alcohol motifs (C(OH)–C–C–N with tert-alkyl or cyclic N) is 1. The van der Waals surface area contributed by atoms with Crippen LogP contribution in [0.1, 0.15) is 62.8 Å². The highest BCUT2D eigenvalue weighted by atomic mass is 16.5. The Labute approximate surface area is 283 Å². The second-order valence-electron chi connectivity index (χ2n) is 13.8. The van der Waals surface area contributed by atoms with Crippen molar-refractivity contribution in [1.29, 1.82) is 0 Å². The van der Waals surface area contributed by atoms with Crippen LogP contribution in [0.4, 0.5) is 0 Å². The maximum atomic E-state index is 14.0. The predicted octanol–water partition coefficient (Wildman–Crippen LogP) is 3.62. The van der Waals surface area contributed by atoms with Crippen molar-refractivity contribution in [1.82, 2.24) is 15.1 Å². The number of benzene rings is 3. The Morgan fingerprint density at radius 1 is 1.00 bits per heavy atom. The second kappa shape index (κ2) is 16.0. The Morgan fingerprint density at radius 2 is 1.71 bits per heavy atom. The van der Waals surface area contributed by atoms with Gasteiger partial charge in [-0.1, -0.05) is 54.6 Å². The standard InChI is InChI=1S/C38H49N3O7/c1-38(2,3)39-37(46)33-22-31(48-30-10-5-4-6-11-30)25-40(33)24-28(43)15-18-35(45)41(23-26-13-16-29(17-14-26)47-20-19-42)36-32-12-8-7-9-27(32)21-34(36)44/h4-14,16-17,28,31,33-34,36,42-44H,15,18-25H2,1-3H3,(H,39,46)/t28-,31-,33+,34+,36-/m0/s1. The van der Waals surface area contributed by atoms with Gasteiger partial charge in [-0.15, -0.1) is 0 Å². The number of carbonyl (C=O) groups excluding carboxylic acids is 2. The van der Waals surface area contributed by atoms with Crippen LogP contribution in [0, 0.1) is 0 Å². The number of rotatable bonds is 14. The van der Waals surface area contributed by atoms with Gasteiger partial charge in [-0.25, -0.2) is 0 Å². The third kappa shape index (κ3) is 9.35. The molecular weight excluding hydrogens is 610 g/mol. The minimum atomic E-state index is -0.861. The van der Waals surface area contributed by atoms with Crippen LogP contribution in [0.15, 0.2) is 78.9 Å². The molecule has 258 valence electrons. The number of hydrogen-bond acceptors (Lipinski definition) is 8. The molecular formula is C38H49N3O7. The van der Waals surface area contributed by atoms with Gasteiger partial charge < -0.3 is 35.0 Å². The molecule has 0 saturated carbocycles. The zero-order chi connectivity index (χ0) is 34.3. The number of carbonyl (C=O) groups is 2. The summed E-state index contributed by atoms with van der Waals surface area (Å²) in [6.45, 7) is 6.88. The first-order chi connectivity index (χ1) is 23.0. The molecule has 10 heteroatoms. The molecule has 0 aromatic heterocycles. The molecule has 3 aromatic carbocycles. The highest BCUT2D eigenvalue weighted by molar-refractivity contribution is 5.83. The van der Waals surface area contributed by atoms with Gasteiger partial charge in [0.1, 0.15) is 24.2 Å². The molecule has 5 atom stereocenters. The molecule has 2 amide bonds. The number of amides is 2. The number of nitrogens with one attached hydrogen (secondary N) is 1. The van der Waals surface area contributed by atoms with Gasteiger partial charge in [0.15, 0.2) is 0 Å². The Balaban J connectivity index is 1.27. The van der Waals surface area contributed by atoms with E-state index >= 15 is 0 Å². The lowest BCUT2D eigenvalue weighted by atomic mass is 10.0. The highest BCUT2D eigenvalue weighted by Crippen LogP contribution is 2.37. The molecule has 1 aliphatic carbocycles. The van der Waals surface area contributed by atoms with Gasteiger partial charge in [0.05, 0.1) is 30.9 Å². The van der Waals surface area contributed by atoms with E-state index in [1.165, 1.54) is 0 Å². The molecule has 3 aromatic rings. The zero-order valence-electron chi connectivity index (χ0n) is 28.1. The average molecular weight is 660 g/mol. The van der Waals surface area contributed by atoms with Crippen LogP contribution in [0.3, 0.4) is 0 Å². The Hall–Kier alpha value is -3.96. The number of likely N-dealkylation sites (tertiary alicyclic amines) is 1. The normalized spacial score (nSPS) is 21.4. The monoisotopic (exact) mass is 659 g/mol. The van der Waals surface area contributed by atoms with E-state index in [2.05, 4.69) is 5.32 Å². The summed E-state index contributed by atoms with van der Waals surface area (Å²) in [5.41, 5.74) is 2.40. The van der Waals surface area contributed by atoms with Crippen LogP contribution in [-0.4, -0.2) is 93.1 Å². The smallest absolute Gasteiger partial charge is 0.237 e. The lowest BCUT2D eigenvalue weighted by Crippen LogP contribution is -2.51. The summed E-state index contributed by atoms with van der Waals surface area (Å²) in [7, 11) is 0. The van der Waals surface area contributed by atoms with Crippen molar-refractivity contribution in [2.45, 2.75) is 88.9 Å². The summed E-state index contributed by atoms with van der Waals surface area (Å²) in [6, 6.07) is 23.6. The molecule has 0 bridgehead atoms. The third-order valence-corrected chi connectivity index (χ3v) is 8.81. The fraction of sp³-hybridized carbons (Fsp3) is 0.474. The van der Waals surface area contributed by atoms with E-state index < -0.39 is 29.8 Å². The summed E-state index contributed by atoms with van der Waals surface area (Å²) in [6.07, 6.45) is -0.629. The maximum Gasteiger partial charge on any atom is 0.237 e. The van der Waals surface area contributed by atoms with Crippen LogP contribution in [0.25, 0.3) is 0 Å². The SMILES string of the molecule is CC(C)(C)NC(=O)[C@H]1C[C@H](Oc2ccccc2)CN1C[C@@H](O)CCC(=O)N(Cc1ccc(OCCO)cc1)[C@H]1c2ccccc2C[C@H]1O. The zero-order valence-corrected chi connectivity index (χ0v) is 28.1. The lowest BCUT2D eigenvalue weighted by molar-refractivity contribution is -0.137. The van der Waals surface area contributed by atoms with E-state index in [-0.39, 0.29) is 57.1 Å².